The van der Waals surface area contributed by atoms with Gasteiger partial charge < -0.3 is 4.42 Å². The van der Waals surface area contributed by atoms with E-state index in [1.165, 1.54) is 11.3 Å². The molecule has 0 aliphatic carbocycles. The van der Waals surface area contributed by atoms with E-state index in [-0.39, 0.29) is 0 Å². The van der Waals surface area contributed by atoms with Crippen LogP contribution in [-0.2, 0) is 0 Å². The van der Waals surface area contributed by atoms with E-state index in [2.05, 4.69) is 9.97 Å². The molecule has 3 aromatic rings. The number of benzene rings is 1. The lowest BCUT2D eigenvalue weighted by molar-refractivity contribution is 0.597. The Hall–Kier alpha value is -1.33. The largest absolute Gasteiger partial charge is 0.415 e. The van der Waals surface area contributed by atoms with E-state index < -0.39 is 0 Å². The zero-order valence-corrected chi connectivity index (χ0v) is 8.56. The molecule has 0 saturated heterocycles. The van der Waals surface area contributed by atoms with E-state index in [1.54, 1.807) is 0 Å². The Bertz CT molecular complexity index is 615. The highest BCUT2D eigenvalue weighted by Gasteiger charge is 2.04. The average molecular weight is 220 g/mol. The predicted octanol–water partition coefficient (Wildman–Crippen LogP) is 3.17. The first kappa shape index (κ1) is 8.02. The van der Waals surface area contributed by atoms with Gasteiger partial charge in [-0.05, 0) is 24.4 Å². The predicted molar refractivity (Wildman–Crippen MR) is 58.0 cm³/mol. The minimum absolute atomic E-state index is 0.468. The molecule has 0 atom stereocenters. The summed E-state index contributed by atoms with van der Waals surface area (Å²) in [7, 11) is 0. The first-order chi connectivity index (χ1) is 6.83. The van der Waals surface area contributed by atoms with Crippen LogP contribution in [0.25, 0.3) is 21.6 Å². The second-order valence-corrected chi connectivity index (χ2v) is 4.37. The third-order valence-electron chi connectivity index (χ3n) is 1.87. The Morgan fingerprint density at radius 1 is 1.14 bits per heavy atom. The van der Waals surface area contributed by atoms with Gasteiger partial charge in [0.15, 0.2) is 4.83 Å². The molecule has 0 radical (unpaired) electrons. The Balaban J connectivity index is 2.57. The van der Waals surface area contributed by atoms with Gasteiger partial charge in [-0.25, -0.2) is 9.97 Å². The molecular weight excluding hydrogens is 216 g/mol. The van der Waals surface area contributed by atoms with Crippen molar-refractivity contribution in [1.29, 1.82) is 0 Å². The highest BCUT2D eigenvalue weighted by Crippen LogP contribution is 2.21. The maximum atomic E-state index is 5.24. The molecule has 14 heavy (non-hydrogen) atoms. The smallest absolute Gasteiger partial charge is 0.258 e. The average Bonchev–Trinajstić information content (AvgIpc) is 2.53. The molecule has 0 aliphatic rings. The second kappa shape index (κ2) is 2.83. The van der Waals surface area contributed by atoms with Crippen molar-refractivity contribution < 1.29 is 4.42 Å². The zero-order chi connectivity index (χ0) is 9.54. The first-order valence-corrected chi connectivity index (χ1v) is 5.22. The summed E-state index contributed by atoms with van der Waals surface area (Å²) in [5, 5.41) is 0. The van der Waals surface area contributed by atoms with E-state index >= 15 is 0 Å². The molecule has 3 rings (SSSR count). The van der Waals surface area contributed by atoms with Crippen LogP contribution in [0.5, 0.6) is 0 Å². The van der Waals surface area contributed by atoms with Gasteiger partial charge in [-0.1, -0.05) is 23.5 Å². The molecule has 5 heteroatoms. The monoisotopic (exact) mass is 220 g/mol. The van der Waals surface area contributed by atoms with Crippen LogP contribution in [0.3, 0.4) is 0 Å². The topological polar surface area (TPSA) is 38.9 Å². The molecule has 0 unspecified atom stereocenters. The van der Waals surface area contributed by atoms with Crippen LogP contribution in [-0.4, -0.2) is 9.97 Å². The van der Waals surface area contributed by atoms with Gasteiger partial charge >= 0.3 is 0 Å². The Morgan fingerprint density at radius 3 is 2.64 bits per heavy atom. The molecule has 68 valence electrons. The number of nitrogens with zero attached hydrogens (tertiary/aromatic N) is 2. The van der Waals surface area contributed by atoms with Crippen molar-refractivity contribution in [2.75, 3.05) is 0 Å². The fourth-order valence-electron chi connectivity index (χ4n) is 1.28. The van der Waals surface area contributed by atoms with Crippen molar-refractivity contribution >= 4 is 45.1 Å². The summed E-state index contributed by atoms with van der Waals surface area (Å²) in [6, 6.07) is 7.68. The van der Waals surface area contributed by atoms with Crippen LogP contribution in [0.15, 0.2) is 28.7 Å². The van der Waals surface area contributed by atoms with E-state index in [0.717, 1.165) is 15.9 Å². The van der Waals surface area contributed by atoms with Crippen molar-refractivity contribution in [3.05, 3.63) is 28.3 Å². The Labute approximate surface area is 88.0 Å². The van der Waals surface area contributed by atoms with Crippen LogP contribution in [0, 0.1) is 4.02 Å². The molecule has 3 nitrogen and oxygen atoms in total. The van der Waals surface area contributed by atoms with Crippen LogP contribution < -0.4 is 0 Å². The summed E-state index contributed by atoms with van der Waals surface area (Å²) in [6.07, 6.45) is 0. The third-order valence-corrected chi connectivity index (χ3v) is 2.91. The molecule has 0 saturated carbocycles. The summed E-state index contributed by atoms with van der Waals surface area (Å²) in [5.41, 5.74) is 2.22. The molecule has 0 amide bonds. The molecule has 0 spiro atoms. The number of aromatic nitrogens is 2. The standard InChI is InChI=1S/C9H4N2OS2/c13-9-12-7-8(14-9)11-6-4-2-1-3-5(6)10-7/h1-4H. The summed E-state index contributed by atoms with van der Waals surface area (Å²) in [6.45, 7) is 0. The maximum Gasteiger partial charge on any atom is 0.258 e. The minimum atomic E-state index is 0.468. The molecule has 0 fully saturated rings. The maximum absolute atomic E-state index is 5.24. The lowest BCUT2D eigenvalue weighted by Crippen LogP contribution is -1.81. The molecule has 2 aromatic heterocycles. The second-order valence-electron chi connectivity index (χ2n) is 2.78. The van der Waals surface area contributed by atoms with Gasteiger partial charge in [-0.2, -0.15) is 0 Å². The molecular formula is C9H4N2OS2. The number of hydrogen-bond donors (Lipinski definition) is 0. The fraction of sp³-hybridized carbons (Fsp3) is 0. The van der Waals surface area contributed by atoms with Crippen molar-refractivity contribution in [2.45, 2.75) is 0 Å². The number of hydrogen-bond acceptors (Lipinski definition) is 5. The van der Waals surface area contributed by atoms with Crippen LogP contribution in [0.4, 0.5) is 0 Å². The van der Waals surface area contributed by atoms with Gasteiger partial charge in [-0.3, -0.25) is 0 Å². The van der Waals surface area contributed by atoms with E-state index in [1.807, 2.05) is 24.3 Å². The van der Waals surface area contributed by atoms with E-state index in [9.17, 15) is 0 Å². The van der Waals surface area contributed by atoms with E-state index in [4.69, 9.17) is 16.6 Å². The van der Waals surface area contributed by atoms with Gasteiger partial charge in [0.2, 0.25) is 0 Å². The Morgan fingerprint density at radius 2 is 1.86 bits per heavy atom. The molecule has 0 aliphatic heterocycles. The number of rotatable bonds is 0. The van der Waals surface area contributed by atoms with E-state index in [0.29, 0.717) is 9.73 Å². The van der Waals surface area contributed by atoms with Gasteiger partial charge in [0.25, 0.3) is 9.73 Å². The van der Waals surface area contributed by atoms with Crippen molar-refractivity contribution in [3.8, 4) is 0 Å². The van der Waals surface area contributed by atoms with Crippen LogP contribution in [0.2, 0.25) is 0 Å². The van der Waals surface area contributed by atoms with Crippen molar-refractivity contribution in [3.63, 3.8) is 0 Å². The third kappa shape index (κ3) is 1.13. The molecule has 1 aromatic carbocycles. The highest BCUT2D eigenvalue weighted by atomic mass is 32.1. The zero-order valence-electron chi connectivity index (χ0n) is 6.93. The molecule has 0 N–H and O–H groups in total. The van der Waals surface area contributed by atoms with Crippen molar-refractivity contribution in [2.24, 2.45) is 0 Å². The lowest BCUT2D eigenvalue weighted by Gasteiger charge is -1.93. The van der Waals surface area contributed by atoms with Crippen LogP contribution in [0.1, 0.15) is 0 Å². The summed E-state index contributed by atoms with van der Waals surface area (Å²) < 4.78 is 5.70. The normalized spacial score (nSPS) is 11.1. The summed E-state index contributed by atoms with van der Waals surface area (Å²) in [4.78, 5) is 9.47. The quantitative estimate of drug-likeness (QED) is 0.545. The lowest BCUT2D eigenvalue weighted by atomic mass is 10.3. The van der Waals surface area contributed by atoms with Crippen LogP contribution >= 0.6 is 23.6 Å². The SMILES string of the molecule is S=c1oc2nc3ccccc3nc2s1. The van der Waals surface area contributed by atoms with Gasteiger partial charge in [0, 0.05) is 0 Å². The molecule has 2 heterocycles. The number of para-hydroxylation sites is 2. The summed E-state index contributed by atoms with van der Waals surface area (Å²) in [5.74, 6) is 0. The van der Waals surface area contributed by atoms with Gasteiger partial charge in [0.1, 0.15) is 0 Å². The minimum Gasteiger partial charge on any atom is -0.415 e. The Kier molecular flexibility index (Phi) is 1.62. The summed E-state index contributed by atoms with van der Waals surface area (Å²) >= 11 is 6.26. The van der Waals surface area contributed by atoms with Gasteiger partial charge in [-0.15, -0.1) is 0 Å². The first-order valence-electron chi connectivity index (χ1n) is 3.99. The molecule has 0 bridgehead atoms. The highest BCUT2D eigenvalue weighted by molar-refractivity contribution is 7.73. The fourth-order valence-corrected chi connectivity index (χ4v) is 2.19. The van der Waals surface area contributed by atoms with Gasteiger partial charge in [0.05, 0.1) is 11.0 Å². The van der Waals surface area contributed by atoms with Crippen molar-refractivity contribution in [1.82, 2.24) is 9.97 Å². The number of fused-ring (bicyclic) bond motifs is 2.